The first-order chi connectivity index (χ1) is 6.52. The Balaban J connectivity index is 0.000000791. The molecule has 0 saturated heterocycles. The lowest BCUT2D eigenvalue weighted by Gasteiger charge is -2.04. The van der Waals surface area contributed by atoms with Crippen LogP contribution in [0.25, 0.3) is 0 Å². The second kappa shape index (κ2) is 5.27. The quantitative estimate of drug-likeness (QED) is 0.677. The van der Waals surface area contributed by atoms with Gasteiger partial charge in [-0.15, -0.1) is 0 Å². The molecule has 1 aromatic carbocycles. The van der Waals surface area contributed by atoms with Crippen molar-refractivity contribution < 1.29 is 9.90 Å². The molecule has 3 nitrogen and oxygen atoms in total. The molecule has 0 aromatic heterocycles. The van der Waals surface area contributed by atoms with Crippen LogP contribution in [0, 0.1) is 13.8 Å². The molecule has 0 aliphatic rings. The van der Waals surface area contributed by atoms with Gasteiger partial charge in [-0.25, -0.2) is 4.79 Å². The number of nitrogen functional groups attached to an aromatic ring is 1. The molecule has 0 heterocycles. The Morgan fingerprint density at radius 2 is 1.64 bits per heavy atom. The second-order valence-electron chi connectivity index (χ2n) is 2.83. The van der Waals surface area contributed by atoms with Crippen LogP contribution >= 0.6 is 0 Å². The fourth-order valence-corrected chi connectivity index (χ4v) is 1.02. The highest BCUT2D eigenvalue weighted by molar-refractivity contribution is 5.94. The maximum Gasteiger partial charge on any atom is 0.337 e. The highest BCUT2D eigenvalue weighted by atomic mass is 16.4. The lowest BCUT2D eigenvalue weighted by Crippen LogP contribution is -2.03. The Morgan fingerprint density at radius 3 is 2.07 bits per heavy atom. The zero-order chi connectivity index (χ0) is 11.3. The zero-order valence-corrected chi connectivity index (χ0v) is 9.09. The van der Waals surface area contributed by atoms with E-state index in [1.807, 2.05) is 27.7 Å². The van der Waals surface area contributed by atoms with Gasteiger partial charge in [0.25, 0.3) is 0 Å². The van der Waals surface area contributed by atoms with Gasteiger partial charge in [0.2, 0.25) is 0 Å². The van der Waals surface area contributed by atoms with Crippen molar-refractivity contribution in [2.75, 3.05) is 5.73 Å². The number of carboxylic acid groups (broad SMARTS) is 1. The van der Waals surface area contributed by atoms with Crippen molar-refractivity contribution >= 4 is 11.7 Å². The average molecular weight is 195 g/mol. The van der Waals surface area contributed by atoms with Crippen molar-refractivity contribution in [2.45, 2.75) is 27.7 Å². The minimum Gasteiger partial charge on any atom is -0.478 e. The first kappa shape index (κ1) is 12.5. The molecular formula is C11H17NO2. The van der Waals surface area contributed by atoms with Gasteiger partial charge in [0.15, 0.2) is 0 Å². The van der Waals surface area contributed by atoms with Crippen LogP contribution < -0.4 is 5.73 Å². The Labute approximate surface area is 84.6 Å². The number of nitrogens with two attached hydrogens (primary N) is 1. The molecule has 0 atom stereocenters. The molecule has 0 amide bonds. The van der Waals surface area contributed by atoms with Crippen molar-refractivity contribution in [1.29, 1.82) is 0 Å². The van der Waals surface area contributed by atoms with Gasteiger partial charge in [0.05, 0.1) is 5.56 Å². The molecule has 3 N–H and O–H groups in total. The van der Waals surface area contributed by atoms with Gasteiger partial charge in [-0.2, -0.15) is 0 Å². The number of rotatable bonds is 1. The van der Waals surface area contributed by atoms with Gasteiger partial charge in [-0.1, -0.05) is 13.8 Å². The number of anilines is 1. The number of hydrogen-bond donors (Lipinski definition) is 2. The lowest BCUT2D eigenvalue weighted by atomic mass is 10.0. The van der Waals surface area contributed by atoms with Crippen molar-refractivity contribution in [2.24, 2.45) is 0 Å². The molecule has 78 valence electrons. The molecule has 0 unspecified atom stereocenters. The highest BCUT2D eigenvalue weighted by Gasteiger charge is 2.08. The largest absolute Gasteiger partial charge is 0.478 e. The minimum atomic E-state index is -0.976. The molecule has 1 rings (SSSR count). The smallest absolute Gasteiger partial charge is 0.337 e. The molecular weight excluding hydrogens is 178 g/mol. The molecule has 0 radical (unpaired) electrons. The third-order valence-electron chi connectivity index (χ3n) is 1.90. The predicted molar refractivity (Wildman–Crippen MR) is 58.6 cm³/mol. The summed E-state index contributed by atoms with van der Waals surface area (Å²) >= 11 is 0. The Morgan fingerprint density at radius 1 is 1.21 bits per heavy atom. The Hall–Kier alpha value is -1.51. The molecule has 0 fully saturated rings. The van der Waals surface area contributed by atoms with E-state index in [4.69, 9.17) is 10.8 Å². The van der Waals surface area contributed by atoms with Crippen LogP contribution in [0.15, 0.2) is 12.1 Å². The first-order valence-corrected chi connectivity index (χ1v) is 4.62. The topological polar surface area (TPSA) is 63.3 Å². The van der Waals surface area contributed by atoms with E-state index in [0.717, 1.165) is 11.1 Å². The Bertz CT molecular complexity index is 332. The third kappa shape index (κ3) is 2.76. The van der Waals surface area contributed by atoms with Gasteiger partial charge in [-0.05, 0) is 37.1 Å². The van der Waals surface area contributed by atoms with E-state index in [1.165, 1.54) is 0 Å². The van der Waals surface area contributed by atoms with E-state index >= 15 is 0 Å². The van der Waals surface area contributed by atoms with Gasteiger partial charge < -0.3 is 10.8 Å². The zero-order valence-electron chi connectivity index (χ0n) is 9.09. The second-order valence-corrected chi connectivity index (χ2v) is 2.83. The summed E-state index contributed by atoms with van der Waals surface area (Å²) in [5.74, 6) is -0.976. The van der Waals surface area contributed by atoms with Crippen LogP contribution in [-0.4, -0.2) is 11.1 Å². The van der Waals surface area contributed by atoms with Crippen molar-refractivity contribution in [3.63, 3.8) is 0 Å². The number of benzene rings is 1. The maximum atomic E-state index is 10.6. The standard InChI is InChI=1S/C9H11NO2.C2H6/c1-5-3-7(9(11)12)8(10)4-6(5)2;1-2/h3-4H,10H2,1-2H3,(H,11,12);1-2H3. The number of aromatic carboxylic acids is 1. The van der Waals surface area contributed by atoms with Crippen LogP contribution in [0.1, 0.15) is 35.3 Å². The van der Waals surface area contributed by atoms with Gasteiger partial charge in [0, 0.05) is 5.69 Å². The van der Waals surface area contributed by atoms with Crippen molar-refractivity contribution in [3.05, 3.63) is 28.8 Å². The molecule has 1 aromatic rings. The van der Waals surface area contributed by atoms with E-state index < -0.39 is 5.97 Å². The summed E-state index contributed by atoms with van der Waals surface area (Å²) in [4.78, 5) is 10.6. The van der Waals surface area contributed by atoms with Gasteiger partial charge in [0.1, 0.15) is 0 Å². The number of carbonyl (C=O) groups is 1. The molecule has 0 spiro atoms. The fourth-order valence-electron chi connectivity index (χ4n) is 1.02. The highest BCUT2D eigenvalue weighted by Crippen LogP contribution is 2.17. The lowest BCUT2D eigenvalue weighted by molar-refractivity contribution is 0.0698. The van der Waals surface area contributed by atoms with Crippen molar-refractivity contribution in [1.82, 2.24) is 0 Å². The van der Waals surface area contributed by atoms with Crippen molar-refractivity contribution in [3.8, 4) is 0 Å². The summed E-state index contributed by atoms with van der Waals surface area (Å²) in [6.07, 6.45) is 0. The van der Waals surface area contributed by atoms with Gasteiger partial charge >= 0.3 is 5.97 Å². The van der Waals surface area contributed by atoms with Crippen LogP contribution in [0.3, 0.4) is 0 Å². The minimum absolute atomic E-state index is 0.179. The van der Waals surface area contributed by atoms with Crippen LogP contribution in [0.2, 0.25) is 0 Å². The average Bonchev–Trinajstić information content (AvgIpc) is 2.14. The molecule has 0 saturated carbocycles. The van der Waals surface area contributed by atoms with Crippen LogP contribution in [0.5, 0.6) is 0 Å². The van der Waals surface area contributed by atoms with Crippen LogP contribution in [0.4, 0.5) is 5.69 Å². The monoisotopic (exact) mass is 195 g/mol. The summed E-state index contributed by atoms with van der Waals surface area (Å²) in [7, 11) is 0. The number of aryl methyl sites for hydroxylation is 2. The van der Waals surface area contributed by atoms with E-state index in [2.05, 4.69) is 0 Å². The number of carboxylic acids is 1. The maximum absolute atomic E-state index is 10.6. The Kier molecular flexibility index (Phi) is 4.70. The summed E-state index contributed by atoms with van der Waals surface area (Å²) < 4.78 is 0. The first-order valence-electron chi connectivity index (χ1n) is 4.62. The predicted octanol–water partition coefficient (Wildman–Crippen LogP) is 2.61. The molecule has 0 aliphatic heterocycles. The normalized spacial score (nSPS) is 8.86. The summed E-state index contributed by atoms with van der Waals surface area (Å²) in [5, 5.41) is 8.70. The van der Waals surface area contributed by atoms with E-state index in [1.54, 1.807) is 12.1 Å². The summed E-state index contributed by atoms with van der Waals surface area (Å²) in [6, 6.07) is 3.27. The molecule has 0 bridgehead atoms. The third-order valence-corrected chi connectivity index (χ3v) is 1.90. The van der Waals surface area contributed by atoms with Crippen LogP contribution in [-0.2, 0) is 0 Å². The van der Waals surface area contributed by atoms with E-state index in [0.29, 0.717) is 5.69 Å². The SMILES string of the molecule is CC.Cc1cc(N)c(C(=O)O)cc1C. The summed E-state index contributed by atoms with van der Waals surface area (Å²) in [6.45, 7) is 7.76. The molecule has 3 heteroatoms. The van der Waals surface area contributed by atoms with E-state index in [9.17, 15) is 4.79 Å². The fraction of sp³-hybridized carbons (Fsp3) is 0.364. The molecule has 14 heavy (non-hydrogen) atoms. The number of hydrogen-bond acceptors (Lipinski definition) is 2. The molecule has 0 aliphatic carbocycles. The summed E-state index contributed by atoms with van der Waals surface area (Å²) in [5.41, 5.74) is 7.97. The van der Waals surface area contributed by atoms with E-state index in [-0.39, 0.29) is 5.56 Å². The van der Waals surface area contributed by atoms with Gasteiger partial charge in [-0.3, -0.25) is 0 Å².